The first kappa shape index (κ1) is 18.6. The number of ether oxygens (including phenoxy) is 2. The second-order valence-electron chi connectivity index (χ2n) is 7.13. The molecule has 8 heteroatoms. The van der Waals surface area contributed by atoms with Gasteiger partial charge in [0, 0.05) is 55.8 Å². The first-order valence-electron chi connectivity index (χ1n) is 9.17. The van der Waals surface area contributed by atoms with E-state index in [1.54, 1.807) is 12.3 Å². The van der Waals surface area contributed by atoms with Gasteiger partial charge < -0.3 is 24.3 Å². The van der Waals surface area contributed by atoms with Gasteiger partial charge in [-0.25, -0.2) is 4.98 Å². The van der Waals surface area contributed by atoms with Crippen LogP contribution in [-0.4, -0.2) is 70.2 Å². The number of aliphatic hydroxyl groups excluding tert-OH is 1. The van der Waals surface area contributed by atoms with Crippen LogP contribution in [0.2, 0.25) is 5.02 Å². The summed E-state index contributed by atoms with van der Waals surface area (Å²) in [4.78, 5) is 6.96. The third-order valence-electron chi connectivity index (χ3n) is 5.49. The standard InChI is InChI=1S/C19H24ClN3O4/c1-26-18-7-15(16(20)8-17(18)25)19-21-3-4-23(19)12-6-13-11-27-14(2-5-24)10-22(13)9-12/h3-4,7-8,12-14,24-25H,2,5-6,9-11H2,1H3/t12-,13+,14+/m1/s1. The van der Waals surface area contributed by atoms with E-state index in [1.807, 2.05) is 6.20 Å². The molecule has 0 saturated carbocycles. The smallest absolute Gasteiger partial charge is 0.161 e. The fraction of sp³-hybridized carbons (Fsp3) is 0.526. The van der Waals surface area contributed by atoms with E-state index in [-0.39, 0.29) is 24.5 Å². The lowest BCUT2D eigenvalue weighted by Gasteiger charge is -2.34. The number of aliphatic hydroxyl groups is 1. The molecule has 2 aliphatic rings. The Hall–Kier alpha value is -1.80. The number of methoxy groups -OCH3 is 1. The molecule has 2 fully saturated rings. The number of nitrogens with zero attached hydrogens (tertiary/aromatic N) is 3. The topological polar surface area (TPSA) is 80.0 Å². The zero-order valence-corrected chi connectivity index (χ0v) is 16.0. The lowest BCUT2D eigenvalue weighted by Crippen LogP contribution is -2.46. The van der Waals surface area contributed by atoms with Crippen molar-refractivity contribution >= 4 is 11.6 Å². The number of rotatable bonds is 5. The Bertz CT molecular complexity index is 812. The van der Waals surface area contributed by atoms with Gasteiger partial charge in [-0.2, -0.15) is 0 Å². The van der Waals surface area contributed by atoms with Crippen molar-refractivity contribution in [3.8, 4) is 22.9 Å². The van der Waals surface area contributed by atoms with Gasteiger partial charge in [0.15, 0.2) is 11.5 Å². The van der Waals surface area contributed by atoms with E-state index < -0.39 is 0 Å². The molecule has 2 aliphatic heterocycles. The summed E-state index contributed by atoms with van der Waals surface area (Å²) in [5.41, 5.74) is 0.732. The molecule has 27 heavy (non-hydrogen) atoms. The molecule has 0 spiro atoms. The van der Waals surface area contributed by atoms with Crippen molar-refractivity contribution in [1.29, 1.82) is 0 Å². The number of aromatic hydroxyl groups is 1. The Morgan fingerprint density at radius 3 is 2.96 bits per heavy atom. The molecule has 2 aromatic rings. The summed E-state index contributed by atoms with van der Waals surface area (Å²) in [7, 11) is 1.51. The van der Waals surface area contributed by atoms with Gasteiger partial charge in [-0.05, 0) is 18.9 Å². The van der Waals surface area contributed by atoms with Gasteiger partial charge in [0.1, 0.15) is 5.82 Å². The van der Waals surface area contributed by atoms with Gasteiger partial charge in [0.05, 0.1) is 24.8 Å². The van der Waals surface area contributed by atoms with E-state index in [1.165, 1.54) is 13.2 Å². The average molecular weight is 394 g/mol. The van der Waals surface area contributed by atoms with Crippen LogP contribution in [0.4, 0.5) is 0 Å². The Morgan fingerprint density at radius 1 is 1.33 bits per heavy atom. The maximum absolute atomic E-state index is 9.93. The molecule has 4 rings (SSSR count). The van der Waals surface area contributed by atoms with Crippen LogP contribution in [0.15, 0.2) is 24.5 Å². The summed E-state index contributed by atoms with van der Waals surface area (Å²) in [6.45, 7) is 2.60. The second-order valence-corrected chi connectivity index (χ2v) is 7.53. The summed E-state index contributed by atoms with van der Waals surface area (Å²) in [5.74, 6) is 1.14. The Balaban J connectivity index is 1.59. The number of aromatic nitrogens is 2. The zero-order valence-electron chi connectivity index (χ0n) is 15.2. The predicted octanol–water partition coefficient (Wildman–Crippen LogP) is 2.31. The van der Waals surface area contributed by atoms with Gasteiger partial charge in [0.25, 0.3) is 0 Å². The molecule has 3 heterocycles. The number of imidazole rings is 1. The number of phenolic OH excluding ortho intramolecular Hbond substituents is 1. The van der Waals surface area contributed by atoms with Crippen LogP contribution in [0.3, 0.4) is 0 Å². The molecular weight excluding hydrogens is 370 g/mol. The largest absolute Gasteiger partial charge is 0.504 e. The number of benzene rings is 1. The number of morpholine rings is 1. The van der Waals surface area contributed by atoms with Crippen molar-refractivity contribution in [1.82, 2.24) is 14.5 Å². The Labute approximate surface area is 163 Å². The molecule has 0 unspecified atom stereocenters. The van der Waals surface area contributed by atoms with E-state index in [4.69, 9.17) is 26.2 Å². The van der Waals surface area contributed by atoms with Gasteiger partial charge in [0.2, 0.25) is 0 Å². The number of hydrogen-bond donors (Lipinski definition) is 2. The van der Waals surface area contributed by atoms with Crippen LogP contribution < -0.4 is 4.74 Å². The first-order valence-corrected chi connectivity index (χ1v) is 9.54. The molecular formula is C19H24ClN3O4. The lowest BCUT2D eigenvalue weighted by atomic mass is 10.1. The van der Waals surface area contributed by atoms with E-state index in [2.05, 4.69) is 14.5 Å². The molecule has 0 bridgehead atoms. The van der Waals surface area contributed by atoms with Crippen LogP contribution in [0.1, 0.15) is 18.9 Å². The van der Waals surface area contributed by atoms with Gasteiger partial charge >= 0.3 is 0 Å². The lowest BCUT2D eigenvalue weighted by molar-refractivity contribution is -0.0567. The zero-order chi connectivity index (χ0) is 19.0. The van der Waals surface area contributed by atoms with Gasteiger partial charge in [-0.1, -0.05) is 11.6 Å². The van der Waals surface area contributed by atoms with Crippen molar-refractivity contribution in [2.75, 3.05) is 33.4 Å². The van der Waals surface area contributed by atoms with Gasteiger partial charge in [-0.3, -0.25) is 4.90 Å². The third kappa shape index (κ3) is 3.52. The minimum atomic E-state index is 0.00873. The molecule has 0 amide bonds. The van der Waals surface area contributed by atoms with Crippen molar-refractivity contribution in [3.63, 3.8) is 0 Å². The fourth-order valence-corrected chi connectivity index (χ4v) is 4.37. The maximum Gasteiger partial charge on any atom is 0.161 e. The van der Waals surface area contributed by atoms with Crippen molar-refractivity contribution in [2.45, 2.75) is 31.0 Å². The summed E-state index contributed by atoms with van der Waals surface area (Å²) in [5, 5.41) is 19.5. The minimum Gasteiger partial charge on any atom is -0.504 e. The summed E-state index contributed by atoms with van der Waals surface area (Å²) < 4.78 is 13.3. The SMILES string of the molecule is COc1cc(-c2nccn2[C@@H]2C[C@H]3CO[C@@H](CCO)CN3C2)c(Cl)cc1O. The predicted molar refractivity (Wildman–Crippen MR) is 101 cm³/mol. The normalized spacial score (nSPS) is 25.5. The number of phenols is 1. The van der Waals surface area contributed by atoms with E-state index in [0.29, 0.717) is 29.8 Å². The van der Waals surface area contributed by atoms with Crippen LogP contribution in [-0.2, 0) is 4.74 Å². The van der Waals surface area contributed by atoms with Crippen LogP contribution in [0, 0.1) is 0 Å². The van der Waals surface area contributed by atoms with Gasteiger partial charge in [-0.15, -0.1) is 0 Å². The molecule has 2 saturated heterocycles. The minimum absolute atomic E-state index is 0.00873. The van der Waals surface area contributed by atoms with Crippen molar-refractivity contribution in [3.05, 3.63) is 29.5 Å². The summed E-state index contributed by atoms with van der Waals surface area (Å²) in [6.07, 6.45) is 5.49. The van der Waals surface area contributed by atoms with Crippen LogP contribution >= 0.6 is 11.6 Å². The Kier molecular flexibility index (Phi) is 5.27. The number of fused-ring (bicyclic) bond motifs is 1. The molecule has 2 N–H and O–H groups in total. The molecule has 0 aliphatic carbocycles. The highest BCUT2D eigenvalue weighted by Gasteiger charge is 2.38. The quantitative estimate of drug-likeness (QED) is 0.811. The monoisotopic (exact) mass is 393 g/mol. The molecule has 1 aromatic heterocycles. The van der Waals surface area contributed by atoms with E-state index >= 15 is 0 Å². The molecule has 7 nitrogen and oxygen atoms in total. The highest BCUT2D eigenvalue weighted by Crippen LogP contribution is 2.39. The molecule has 146 valence electrons. The third-order valence-corrected chi connectivity index (χ3v) is 5.80. The van der Waals surface area contributed by atoms with E-state index in [9.17, 15) is 5.11 Å². The van der Waals surface area contributed by atoms with Crippen LogP contribution in [0.5, 0.6) is 11.5 Å². The summed E-state index contributed by atoms with van der Waals surface area (Å²) >= 11 is 6.38. The summed E-state index contributed by atoms with van der Waals surface area (Å²) in [6, 6.07) is 3.85. The second kappa shape index (κ2) is 7.67. The highest BCUT2D eigenvalue weighted by atomic mass is 35.5. The highest BCUT2D eigenvalue weighted by molar-refractivity contribution is 6.33. The van der Waals surface area contributed by atoms with E-state index in [0.717, 1.165) is 30.9 Å². The Morgan fingerprint density at radius 2 is 2.19 bits per heavy atom. The van der Waals surface area contributed by atoms with Crippen molar-refractivity contribution < 1.29 is 19.7 Å². The molecule has 0 radical (unpaired) electrons. The molecule has 1 aromatic carbocycles. The molecule has 3 atom stereocenters. The maximum atomic E-state index is 9.93. The number of halogens is 1. The average Bonchev–Trinajstić information content (AvgIpc) is 3.28. The number of hydrogen-bond acceptors (Lipinski definition) is 6. The van der Waals surface area contributed by atoms with Crippen molar-refractivity contribution in [2.24, 2.45) is 0 Å². The fourth-order valence-electron chi connectivity index (χ4n) is 4.13. The van der Waals surface area contributed by atoms with Crippen LogP contribution in [0.25, 0.3) is 11.4 Å². The first-order chi connectivity index (χ1) is 13.1.